The second-order valence-electron chi connectivity index (χ2n) is 8.23. The second-order valence-corrected chi connectivity index (χ2v) is 8.23. The molecule has 1 fully saturated rings. The minimum Gasteiger partial charge on any atom is -0.378 e. The van der Waals surface area contributed by atoms with Gasteiger partial charge in [0.05, 0.1) is 19.3 Å². The number of carbonyl (C=O) groups is 2. The van der Waals surface area contributed by atoms with Crippen LogP contribution in [0.3, 0.4) is 0 Å². The molecular formula is C24H30N4O4. The Hall–Kier alpha value is -3.10. The number of anilines is 3. The molecule has 2 aromatic carbocycles. The number of morpholine rings is 1. The Morgan fingerprint density at radius 3 is 2.53 bits per heavy atom. The van der Waals surface area contributed by atoms with Crippen molar-refractivity contribution >= 4 is 28.9 Å². The summed E-state index contributed by atoms with van der Waals surface area (Å²) in [6.07, 6.45) is 0.377. The Kier molecular flexibility index (Phi) is 6.62. The molecule has 0 aliphatic carbocycles. The van der Waals surface area contributed by atoms with Gasteiger partial charge in [-0.3, -0.25) is 9.59 Å². The summed E-state index contributed by atoms with van der Waals surface area (Å²) in [6, 6.07) is 13.4. The van der Waals surface area contributed by atoms with Crippen LogP contribution in [0, 0.1) is 0 Å². The normalized spacial score (nSPS) is 20.6. The van der Waals surface area contributed by atoms with Gasteiger partial charge in [-0.25, -0.2) is 0 Å². The number of nitrogens with two attached hydrogens (primary N) is 1. The van der Waals surface area contributed by atoms with Crippen LogP contribution in [-0.4, -0.2) is 50.9 Å². The van der Waals surface area contributed by atoms with E-state index in [0.717, 1.165) is 43.2 Å². The molecule has 8 nitrogen and oxygen atoms in total. The SMILES string of the molecule is CC(=O)N1c2ccc(C(N)=O)cc2C(OCNc2ccc(N3CCOCC3)cc2)CC1C. The molecule has 3 N–H and O–H groups in total. The fraction of sp³-hybridized carbons (Fsp3) is 0.417. The van der Waals surface area contributed by atoms with Gasteiger partial charge in [-0.2, -0.15) is 0 Å². The molecule has 0 bridgehead atoms. The van der Waals surface area contributed by atoms with E-state index in [1.54, 1.807) is 30.0 Å². The van der Waals surface area contributed by atoms with E-state index in [9.17, 15) is 9.59 Å². The predicted molar refractivity (Wildman–Crippen MR) is 124 cm³/mol. The second kappa shape index (κ2) is 9.58. The first-order chi connectivity index (χ1) is 15.4. The fourth-order valence-corrected chi connectivity index (χ4v) is 4.44. The number of hydrogen-bond donors (Lipinski definition) is 2. The highest BCUT2D eigenvalue weighted by molar-refractivity contribution is 5.97. The maximum absolute atomic E-state index is 12.2. The largest absolute Gasteiger partial charge is 0.378 e. The van der Waals surface area contributed by atoms with Gasteiger partial charge in [0.15, 0.2) is 0 Å². The summed E-state index contributed by atoms with van der Waals surface area (Å²) in [5.74, 6) is -0.541. The van der Waals surface area contributed by atoms with Crippen LogP contribution >= 0.6 is 0 Å². The van der Waals surface area contributed by atoms with Gasteiger partial charge in [0.25, 0.3) is 0 Å². The van der Waals surface area contributed by atoms with Crippen LogP contribution in [0.2, 0.25) is 0 Å². The smallest absolute Gasteiger partial charge is 0.248 e. The Bertz CT molecular complexity index is 972. The van der Waals surface area contributed by atoms with Gasteiger partial charge >= 0.3 is 0 Å². The third kappa shape index (κ3) is 4.71. The van der Waals surface area contributed by atoms with E-state index in [1.807, 2.05) is 19.1 Å². The summed E-state index contributed by atoms with van der Waals surface area (Å²) < 4.78 is 11.6. The lowest BCUT2D eigenvalue weighted by Gasteiger charge is -2.39. The molecule has 2 amide bonds. The van der Waals surface area contributed by atoms with Crippen molar-refractivity contribution in [1.29, 1.82) is 0 Å². The zero-order chi connectivity index (χ0) is 22.7. The Morgan fingerprint density at radius 2 is 1.88 bits per heavy atom. The van der Waals surface area contributed by atoms with Gasteiger partial charge in [-0.05, 0) is 55.8 Å². The molecule has 2 aliphatic heterocycles. The van der Waals surface area contributed by atoms with Crippen LogP contribution < -0.4 is 20.9 Å². The van der Waals surface area contributed by atoms with Crippen LogP contribution in [0.25, 0.3) is 0 Å². The highest BCUT2D eigenvalue weighted by atomic mass is 16.5. The summed E-state index contributed by atoms with van der Waals surface area (Å²) in [6.45, 7) is 7.17. The number of amides is 2. The monoisotopic (exact) mass is 438 g/mol. The van der Waals surface area contributed by atoms with Crippen molar-refractivity contribution in [3.63, 3.8) is 0 Å². The summed E-state index contributed by atoms with van der Waals surface area (Å²) in [5.41, 5.74) is 9.59. The van der Waals surface area contributed by atoms with Crippen LogP contribution in [0.1, 0.15) is 42.3 Å². The topological polar surface area (TPSA) is 97.1 Å². The lowest BCUT2D eigenvalue weighted by molar-refractivity contribution is -0.117. The number of fused-ring (bicyclic) bond motifs is 1. The Morgan fingerprint density at radius 1 is 1.16 bits per heavy atom. The van der Waals surface area contributed by atoms with Crippen molar-refractivity contribution in [1.82, 2.24) is 0 Å². The minimum absolute atomic E-state index is 0.0165. The fourth-order valence-electron chi connectivity index (χ4n) is 4.44. The van der Waals surface area contributed by atoms with Crippen molar-refractivity contribution < 1.29 is 19.1 Å². The van der Waals surface area contributed by atoms with Crippen molar-refractivity contribution in [2.45, 2.75) is 32.4 Å². The van der Waals surface area contributed by atoms with Crippen LogP contribution in [0.5, 0.6) is 0 Å². The first-order valence-electron chi connectivity index (χ1n) is 11.0. The zero-order valence-electron chi connectivity index (χ0n) is 18.5. The standard InChI is InChI=1S/C24H30N4O4/c1-16-13-23(21-14-18(24(25)30)3-8-22(21)28(16)17(2)29)32-15-26-19-4-6-20(7-5-19)27-9-11-31-12-10-27/h3-8,14,16,23,26H,9-13,15H2,1-2H3,(H2,25,30). The zero-order valence-corrected chi connectivity index (χ0v) is 18.5. The average Bonchev–Trinajstić information content (AvgIpc) is 2.79. The first kappa shape index (κ1) is 22.1. The van der Waals surface area contributed by atoms with Gasteiger partial charge in [0.2, 0.25) is 11.8 Å². The van der Waals surface area contributed by atoms with E-state index in [1.165, 1.54) is 5.69 Å². The molecule has 2 heterocycles. The summed E-state index contributed by atoms with van der Waals surface area (Å²) in [7, 11) is 0. The molecule has 0 saturated carbocycles. The molecule has 4 rings (SSSR count). The molecule has 0 aromatic heterocycles. The lowest BCUT2D eigenvalue weighted by atomic mass is 9.92. The van der Waals surface area contributed by atoms with E-state index < -0.39 is 5.91 Å². The first-order valence-corrected chi connectivity index (χ1v) is 11.0. The molecule has 170 valence electrons. The van der Waals surface area contributed by atoms with Crippen molar-refractivity contribution in [3.05, 3.63) is 53.6 Å². The predicted octanol–water partition coefficient (Wildman–Crippen LogP) is 2.89. The molecule has 0 spiro atoms. The molecule has 2 atom stereocenters. The lowest BCUT2D eigenvalue weighted by Crippen LogP contribution is -2.42. The van der Waals surface area contributed by atoms with Gasteiger partial charge < -0.3 is 30.3 Å². The van der Waals surface area contributed by atoms with E-state index in [0.29, 0.717) is 18.7 Å². The van der Waals surface area contributed by atoms with Crippen LogP contribution in [0.4, 0.5) is 17.1 Å². The average molecular weight is 439 g/mol. The van der Waals surface area contributed by atoms with Gasteiger partial charge in [-0.15, -0.1) is 0 Å². The molecule has 2 unspecified atom stereocenters. The number of nitrogens with one attached hydrogen (secondary N) is 1. The summed E-state index contributed by atoms with van der Waals surface area (Å²) >= 11 is 0. The minimum atomic E-state index is -0.502. The Balaban J connectivity index is 1.43. The molecular weight excluding hydrogens is 408 g/mol. The third-order valence-electron chi connectivity index (χ3n) is 6.06. The van der Waals surface area contributed by atoms with Crippen molar-refractivity contribution in [3.8, 4) is 0 Å². The van der Waals surface area contributed by atoms with Crippen molar-refractivity contribution in [2.75, 3.05) is 48.2 Å². The molecule has 0 radical (unpaired) electrons. The van der Waals surface area contributed by atoms with Crippen LogP contribution in [0.15, 0.2) is 42.5 Å². The van der Waals surface area contributed by atoms with E-state index in [4.69, 9.17) is 15.2 Å². The number of benzene rings is 2. The van der Waals surface area contributed by atoms with E-state index in [2.05, 4.69) is 22.3 Å². The molecule has 32 heavy (non-hydrogen) atoms. The summed E-state index contributed by atoms with van der Waals surface area (Å²) in [5, 5.41) is 3.30. The van der Waals surface area contributed by atoms with Gasteiger partial charge in [0, 0.05) is 54.2 Å². The van der Waals surface area contributed by atoms with E-state index in [-0.39, 0.29) is 18.1 Å². The van der Waals surface area contributed by atoms with E-state index >= 15 is 0 Å². The Labute approximate surface area is 188 Å². The molecule has 8 heteroatoms. The molecule has 1 saturated heterocycles. The maximum Gasteiger partial charge on any atom is 0.248 e. The van der Waals surface area contributed by atoms with Crippen LogP contribution in [-0.2, 0) is 14.3 Å². The molecule has 2 aromatic rings. The maximum atomic E-state index is 12.2. The third-order valence-corrected chi connectivity index (χ3v) is 6.06. The number of rotatable bonds is 6. The van der Waals surface area contributed by atoms with Gasteiger partial charge in [0.1, 0.15) is 6.73 Å². The van der Waals surface area contributed by atoms with Crippen molar-refractivity contribution in [2.24, 2.45) is 5.73 Å². The summed E-state index contributed by atoms with van der Waals surface area (Å²) in [4.78, 5) is 28.0. The number of hydrogen-bond acceptors (Lipinski definition) is 6. The number of nitrogens with zero attached hydrogens (tertiary/aromatic N) is 2. The highest BCUT2D eigenvalue weighted by Crippen LogP contribution is 2.39. The van der Waals surface area contributed by atoms with Gasteiger partial charge in [-0.1, -0.05) is 0 Å². The molecule has 2 aliphatic rings. The number of carbonyl (C=O) groups excluding carboxylic acids is 2. The number of primary amides is 1. The number of ether oxygens (including phenoxy) is 2. The quantitative estimate of drug-likeness (QED) is 0.673. The highest BCUT2D eigenvalue weighted by Gasteiger charge is 2.33.